The maximum absolute atomic E-state index is 15.6. The van der Waals surface area contributed by atoms with E-state index >= 15 is 4.39 Å². The van der Waals surface area contributed by atoms with Gasteiger partial charge in [-0.15, -0.1) is 13.2 Å². The number of hydrogen-bond donors (Lipinski definition) is 1. The van der Waals surface area contributed by atoms with Crippen LogP contribution in [0.25, 0.3) is 0 Å². The monoisotopic (exact) mass is 531 g/mol. The Bertz CT molecular complexity index is 1250. The number of benzene rings is 2. The van der Waals surface area contributed by atoms with E-state index in [1.54, 1.807) is 0 Å². The molecular formula is C22H21F4N3O6S. The van der Waals surface area contributed by atoms with E-state index in [0.717, 1.165) is 12.1 Å². The van der Waals surface area contributed by atoms with Gasteiger partial charge >= 0.3 is 12.5 Å². The predicted molar refractivity (Wildman–Crippen MR) is 116 cm³/mol. The number of hydrogen-bond acceptors (Lipinski definition) is 6. The Morgan fingerprint density at radius 3 is 2.14 bits per heavy atom. The van der Waals surface area contributed by atoms with E-state index in [1.165, 1.54) is 46.2 Å². The van der Waals surface area contributed by atoms with Crippen LogP contribution in [0.15, 0.2) is 53.4 Å². The fourth-order valence-electron chi connectivity index (χ4n) is 4.28. The molecule has 0 radical (unpaired) electrons. The summed E-state index contributed by atoms with van der Waals surface area (Å²) in [5.74, 6) is -1.53. The first kappa shape index (κ1) is 25.7. The molecule has 2 heterocycles. The summed E-state index contributed by atoms with van der Waals surface area (Å²) >= 11 is 0. The molecule has 2 aliphatic heterocycles. The molecule has 2 aromatic carbocycles. The standard InChI is InChI=1S/C22H21F4N3O6S/c23-21-12-28(19(30)15-3-7-18(8-4-15)36(27,32)33)9-16(21)10-29(13-21)20(31)34-11-14-1-5-17(6-2-14)35-22(24,25)26/h1-8,16H,9-13H2,(H2,27,32,33)/t16-,21+/m0/s1. The maximum Gasteiger partial charge on any atom is 0.573 e. The summed E-state index contributed by atoms with van der Waals surface area (Å²) in [7, 11) is -3.91. The molecule has 2 aromatic rings. The molecule has 2 aliphatic rings. The number of primary sulfonamides is 1. The third-order valence-corrected chi connectivity index (χ3v) is 6.94. The molecule has 194 valence electrons. The highest BCUT2D eigenvalue weighted by atomic mass is 32.2. The van der Waals surface area contributed by atoms with E-state index in [0.29, 0.717) is 5.56 Å². The molecule has 0 spiro atoms. The number of amides is 2. The van der Waals surface area contributed by atoms with Gasteiger partial charge in [-0.05, 0) is 42.0 Å². The van der Waals surface area contributed by atoms with Crippen LogP contribution in [0.5, 0.6) is 5.75 Å². The second-order valence-corrected chi connectivity index (χ2v) is 10.2. The fraction of sp³-hybridized carbons (Fsp3) is 0.364. The Morgan fingerprint density at radius 1 is 1.00 bits per heavy atom. The van der Waals surface area contributed by atoms with Gasteiger partial charge in [-0.3, -0.25) is 4.79 Å². The van der Waals surface area contributed by atoms with Crippen molar-refractivity contribution >= 4 is 22.0 Å². The van der Waals surface area contributed by atoms with Crippen LogP contribution in [-0.2, 0) is 21.4 Å². The van der Waals surface area contributed by atoms with E-state index in [1.807, 2.05) is 0 Å². The number of likely N-dealkylation sites (tertiary alicyclic amines) is 2. The molecule has 9 nitrogen and oxygen atoms in total. The zero-order valence-corrected chi connectivity index (χ0v) is 19.4. The van der Waals surface area contributed by atoms with Gasteiger partial charge in [0.25, 0.3) is 5.91 Å². The van der Waals surface area contributed by atoms with Crippen LogP contribution in [0.4, 0.5) is 22.4 Å². The van der Waals surface area contributed by atoms with Crippen LogP contribution in [0.2, 0.25) is 0 Å². The minimum Gasteiger partial charge on any atom is -0.445 e. The van der Waals surface area contributed by atoms with E-state index < -0.39 is 45.7 Å². The number of fused-ring (bicyclic) bond motifs is 1. The third kappa shape index (κ3) is 5.70. The summed E-state index contributed by atoms with van der Waals surface area (Å²) in [4.78, 5) is 27.5. The Hall–Kier alpha value is -3.39. The summed E-state index contributed by atoms with van der Waals surface area (Å²) < 4.78 is 83.9. The number of alkyl halides is 4. The molecule has 0 unspecified atom stereocenters. The average molecular weight is 531 g/mol. The smallest absolute Gasteiger partial charge is 0.445 e. The molecule has 2 N–H and O–H groups in total. The summed E-state index contributed by atoms with van der Waals surface area (Å²) in [6.45, 7) is -0.704. The lowest BCUT2D eigenvalue weighted by Gasteiger charge is -2.23. The lowest BCUT2D eigenvalue weighted by Crippen LogP contribution is -2.40. The van der Waals surface area contributed by atoms with Gasteiger partial charge in [0.15, 0.2) is 5.67 Å². The third-order valence-electron chi connectivity index (χ3n) is 6.02. The Balaban J connectivity index is 1.30. The number of nitrogens with zero attached hydrogens (tertiary/aromatic N) is 2. The molecule has 2 amide bonds. The number of sulfonamides is 1. The zero-order chi connectivity index (χ0) is 26.3. The number of carbonyl (C=O) groups is 2. The number of nitrogens with two attached hydrogens (primary N) is 1. The highest BCUT2D eigenvalue weighted by molar-refractivity contribution is 7.89. The second-order valence-electron chi connectivity index (χ2n) is 8.61. The second kappa shape index (κ2) is 9.24. The molecule has 0 aromatic heterocycles. The largest absolute Gasteiger partial charge is 0.573 e. The molecule has 2 atom stereocenters. The van der Waals surface area contributed by atoms with Crippen molar-refractivity contribution in [2.24, 2.45) is 11.1 Å². The van der Waals surface area contributed by atoms with Crippen LogP contribution in [0, 0.1) is 5.92 Å². The first-order valence-corrected chi connectivity index (χ1v) is 12.2. The lowest BCUT2D eigenvalue weighted by atomic mass is 9.97. The first-order valence-electron chi connectivity index (χ1n) is 10.6. The van der Waals surface area contributed by atoms with E-state index in [-0.39, 0.29) is 43.2 Å². The maximum atomic E-state index is 15.6. The van der Waals surface area contributed by atoms with Crippen molar-refractivity contribution in [3.8, 4) is 5.75 Å². The van der Waals surface area contributed by atoms with Crippen molar-refractivity contribution in [2.75, 3.05) is 26.2 Å². The van der Waals surface area contributed by atoms with Crippen molar-refractivity contribution in [3.05, 3.63) is 59.7 Å². The van der Waals surface area contributed by atoms with Crippen molar-refractivity contribution in [2.45, 2.75) is 23.5 Å². The Morgan fingerprint density at radius 2 is 1.58 bits per heavy atom. The van der Waals surface area contributed by atoms with Crippen molar-refractivity contribution < 1.29 is 45.0 Å². The minimum atomic E-state index is -4.82. The first-order chi connectivity index (χ1) is 16.7. The molecule has 0 bridgehead atoms. The summed E-state index contributed by atoms with van der Waals surface area (Å²) in [5.41, 5.74) is -1.25. The van der Waals surface area contributed by atoms with Crippen LogP contribution in [-0.4, -0.2) is 68.4 Å². The normalized spacial score (nSPS) is 21.9. The van der Waals surface area contributed by atoms with Gasteiger partial charge in [0, 0.05) is 24.6 Å². The highest BCUT2D eigenvalue weighted by Crippen LogP contribution is 2.39. The minimum absolute atomic E-state index is 0.0157. The van der Waals surface area contributed by atoms with E-state index in [9.17, 15) is 31.2 Å². The molecule has 0 saturated carbocycles. The van der Waals surface area contributed by atoms with Gasteiger partial charge in [-0.2, -0.15) is 0 Å². The summed E-state index contributed by atoms with van der Waals surface area (Å²) in [6, 6.07) is 9.77. The summed E-state index contributed by atoms with van der Waals surface area (Å²) in [5, 5.41) is 5.04. The van der Waals surface area contributed by atoms with Gasteiger partial charge in [-0.25, -0.2) is 22.7 Å². The van der Waals surface area contributed by atoms with Crippen molar-refractivity contribution in [3.63, 3.8) is 0 Å². The number of ether oxygens (including phenoxy) is 2. The van der Waals surface area contributed by atoms with Crippen LogP contribution in [0.3, 0.4) is 0 Å². The van der Waals surface area contributed by atoms with Crippen LogP contribution < -0.4 is 9.88 Å². The molecule has 36 heavy (non-hydrogen) atoms. The quantitative estimate of drug-likeness (QED) is 0.593. The summed E-state index contributed by atoms with van der Waals surface area (Å²) in [6.07, 6.45) is -5.60. The van der Waals surface area contributed by atoms with Crippen LogP contribution in [0.1, 0.15) is 15.9 Å². The topological polar surface area (TPSA) is 119 Å². The molecule has 14 heteroatoms. The zero-order valence-electron chi connectivity index (χ0n) is 18.6. The van der Waals surface area contributed by atoms with Crippen LogP contribution >= 0.6 is 0 Å². The average Bonchev–Trinajstić information content (AvgIpc) is 3.28. The van der Waals surface area contributed by atoms with E-state index in [4.69, 9.17) is 9.88 Å². The molecule has 4 rings (SSSR count). The van der Waals surface area contributed by atoms with Gasteiger partial charge in [0.1, 0.15) is 12.4 Å². The number of rotatable bonds is 5. The molecular weight excluding hydrogens is 510 g/mol. The van der Waals surface area contributed by atoms with Crippen molar-refractivity contribution in [1.29, 1.82) is 0 Å². The van der Waals surface area contributed by atoms with Gasteiger partial charge in [-0.1, -0.05) is 12.1 Å². The van der Waals surface area contributed by atoms with Gasteiger partial charge < -0.3 is 19.3 Å². The highest BCUT2D eigenvalue weighted by Gasteiger charge is 2.55. The van der Waals surface area contributed by atoms with Gasteiger partial charge in [0.2, 0.25) is 10.0 Å². The number of carbonyl (C=O) groups excluding carboxylic acids is 2. The molecule has 2 fully saturated rings. The predicted octanol–water partition coefficient (Wildman–Crippen LogP) is 2.67. The lowest BCUT2D eigenvalue weighted by molar-refractivity contribution is -0.274. The van der Waals surface area contributed by atoms with Gasteiger partial charge in [0.05, 0.1) is 18.0 Å². The Kier molecular flexibility index (Phi) is 6.60. The van der Waals surface area contributed by atoms with E-state index in [2.05, 4.69) is 4.74 Å². The molecule has 0 aliphatic carbocycles. The Labute approximate surface area is 203 Å². The molecule has 2 saturated heterocycles. The SMILES string of the molecule is NS(=O)(=O)c1ccc(C(=O)N2C[C@H]3CN(C(=O)OCc4ccc(OC(F)(F)F)cc4)C[C@]3(F)C2)cc1. The van der Waals surface area contributed by atoms with Crippen molar-refractivity contribution in [1.82, 2.24) is 9.80 Å². The number of halogens is 4. The fourth-order valence-corrected chi connectivity index (χ4v) is 4.79.